The quantitative estimate of drug-likeness (QED) is 0.796. The highest BCUT2D eigenvalue weighted by molar-refractivity contribution is 9.10. The van der Waals surface area contributed by atoms with Gasteiger partial charge in [-0.1, -0.05) is 6.07 Å². The van der Waals surface area contributed by atoms with Crippen molar-refractivity contribution in [1.82, 2.24) is 15.4 Å². The molecule has 0 bridgehead atoms. The summed E-state index contributed by atoms with van der Waals surface area (Å²) in [5.74, 6) is -1.68. The summed E-state index contributed by atoms with van der Waals surface area (Å²) in [6.07, 6.45) is 1.24. The first-order chi connectivity index (χ1) is 8.59. The van der Waals surface area contributed by atoms with E-state index in [0.29, 0.717) is 4.47 Å². The summed E-state index contributed by atoms with van der Waals surface area (Å²) in [5.41, 5.74) is 0.237. The fraction of sp³-hybridized carbons (Fsp3) is 0. The average Bonchev–Trinajstić information content (AvgIpc) is 2.85. The molecular formula is C10H7BrN4O3. The van der Waals surface area contributed by atoms with Crippen LogP contribution in [0.4, 0.5) is 5.69 Å². The van der Waals surface area contributed by atoms with Crippen molar-refractivity contribution in [2.75, 3.05) is 5.32 Å². The third-order valence-electron chi connectivity index (χ3n) is 2.13. The molecule has 92 valence electrons. The van der Waals surface area contributed by atoms with Crippen molar-refractivity contribution in [3.63, 3.8) is 0 Å². The van der Waals surface area contributed by atoms with Crippen molar-refractivity contribution >= 4 is 33.5 Å². The number of aromatic carboxylic acids is 1. The van der Waals surface area contributed by atoms with Crippen LogP contribution >= 0.6 is 15.9 Å². The maximum Gasteiger partial charge on any atom is 0.337 e. The minimum atomic E-state index is -1.13. The second kappa shape index (κ2) is 4.96. The van der Waals surface area contributed by atoms with Gasteiger partial charge in [0.05, 0.1) is 17.4 Å². The molecule has 0 unspecified atom stereocenters. The van der Waals surface area contributed by atoms with Crippen LogP contribution in [0.25, 0.3) is 0 Å². The Morgan fingerprint density at radius 1 is 1.39 bits per heavy atom. The SMILES string of the molecule is O=C(Nc1c(Br)cccc1C(=O)O)c1cn[nH]n1. The Bertz CT molecular complexity index is 597. The van der Waals surface area contributed by atoms with Gasteiger partial charge in [-0.05, 0) is 28.1 Å². The van der Waals surface area contributed by atoms with Gasteiger partial charge in [0.2, 0.25) is 0 Å². The van der Waals surface area contributed by atoms with Gasteiger partial charge in [-0.3, -0.25) is 4.79 Å². The number of benzene rings is 1. The zero-order valence-corrected chi connectivity index (χ0v) is 10.4. The Morgan fingerprint density at radius 3 is 2.78 bits per heavy atom. The highest BCUT2D eigenvalue weighted by Crippen LogP contribution is 2.26. The Hall–Kier alpha value is -2.22. The first-order valence-corrected chi connectivity index (χ1v) is 5.58. The molecule has 1 amide bonds. The van der Waals surface area contributed by atoms with E-state index in [1.54, 1.807) is 12.1 Å². The molecule has 2 aromatic rings. The number of carbonyl (C=O) groups is 2. The number of nitrogens with one attached hydrogen (secondary N) is 2. The van der Waals surface area contributed by atoms with E-state index in [0.717, 1.165) is 0 Å². The highest BCUT2D eigenvalue weighted by Gasteiger charge is 2.17. The molecule has 0 aliphatic carbocycles. The number of para-hydroxylation sites is 1. The molecule has 0 saturated heterocycles. The Balaban J connectivity index is 2.34. The van der Waals surface area contributed by atoms with Crippen LogP contribution in [0.5, 0.6) is 0 Å². The molecule has 8 heteroatoms. The van der Waals surface area contributed by atoms with Crippen LogP contribution in [0.2, 0.25) is 0 Å². The number of hydrogen-bond donors (Lipinski definition) is 3. The normalized spacial score (nSPS) is 10.1. The van der Waals surface area contributed by atoms with Crippen molar-refractivity contribution in [1.29, 1.82) is 0 Å². The van der Waals surface area contributed by atoms with E-state index in [-0.39, 0.29) is 16.9 Å². The molecule has 0 radical (unpaired) electrons. The van der Waals surface area contributed by atoms with Gasteiger partial charge in [0.1, 0.15) is 0 Å². The molecule has 1 aromatic carbocycles. The molecule has 0 fully saturated rings. The second-order valence-corrected chi connectivity index (χ2v) is 4.13. The number of carboxylic acid groups (broad SMARTS) is 1. The average molecular weight is 311 g/mol. The first kappa shape index (κ1) is 12.2. The fourth-order valence-corrected chi connectivity index (χ4v) is 1.78. The Kier molecular flexibility index (Phi) is 3.38. The van der Waals surface area contributed by atoms with E-state index in [1.165, 1.54) is 12.3 Å². The Labute approximate surface area is 109 Å². The lowest BCUT2D eigenvalue weighted by Gasteiger charge is -2.09. The number of halogens is 1. The van der Waals surface area contributed by atoms with Gasteiger partial charge in [0, 0.05) is 4.47 Å². The summed E-state index contributed by atoms with van der Waals surface area (Å²) in [5, 5.41) is 20.9. The van der Waals surface area contributed by atoms with Gasteiger partial charge in [0.25, 0.3) is 5.91 Å². The number of H-pyrrole nitrogens is 1. The molecule has 0 aliphatic heterocycles. The van der Waals surface area contributed by atoms with Gasteiger partial charge in [-0.25, -0.2) is 4.79 Å². The molecule has 0 saturated carbocycles. The largest absolute Gasteiger partial charge is 0.478 e. The lowest BCUT2D eigenvalue weighted by molar-refractivity contribution is 0.0698. The first-order valence-electron chi connectivity index (χ1n) is 4.78. The highest BCUT2D eigenvalue weighted by atomic mass is 79.9. The van der Waals surface area contributed by atoms with Gasteiger partial charge in [0.15, 0.2) is 5.69 Å². The molecule has 0 aliphatic rings. The van der Waals surface area contributed by atoms with Gasteiger partial charge in [-0.2, -0.15) is 15.4 Å². The lowest BCUT2D eigenvalue weighted by Crippen LogP contribution is -2.15. The van der Waals surface area contributed by atoms with E-state index in [2.05, 4.69) is 36.7 Å². The molecule has 0 spiro atoms. The maximum atomic E-state index is 11.8. The van der Waals surface area contributed by atoms with Crippen LogP contribution in [0.1, 0.15) is 20.8 Å². The van der Waals surface area contributed by atoms with Gasteiger partial charge >= 0.3 is 5.97 Å². The van der Waals surface area contributed by atoms with E-state index in [4.69, 9.17) is 5.11 Å². The third-order valence-corrected chi connectivity index (χ3v) is 2.79. The van der Waals surface area contributed by atoms with Gasteiger partial charge in [-0.15, -0.1) is 0 Å². The molecule has 7 nitrogen and oxygen atoms in total. The molecule has 1 aromatic heterocycles. The molecule has 3 N–H and O–H groups in total. The number of carboxylic acids is 1. The summed E-state index contributed by atoms with van der Waals surface area (Å²) in [6.45, 7) is 0. The molecule has 0 atom stereocenters. The number of hydrogen-bond acceptors (Lipinski definition) is 4. The minimum absolute atomic E-state index is 0.0128. The van der Waals surface area contributed by atoms with Crippen molar-refractivity contribution in [2.24, 2.45) is 0 Å². The van der Waals surface area contributed by atoms with Crippen LogP contribution in [0.15, 0.2) is 28.9 Å². The topological polar surface area (TPSA) is 108 Å². The summed E-state index contributed by atoms with van der Waals surface area (Å²) >= 11 is 3.19. The number of aromatic nitrogens is 3. The van der Waals surface area contributed by atoms with E-state index in [9.17, 15) is 9.59 Å². The number of nitrogens with zero attached hydrogens (tertiary/aromatic N) is 2. The van der Waals surface area contributed by atoms with Gasteiger partial charge < -0.3 is 10.4 Å². The maximum absolute atomic E-state index is 11.8. The summed E-state index contributed by atoms with van der Waals surface area (Å²) in [6, 6.07) is 4.59. The summed E-state index contributed by atoms with van der Waals surface area (Å²) < 4.78 is 0.472. The monoisotopic (exact) mass is 310 g/mol. The Morgan fingerprint density at radius 2 is 2.17 bits per heavy atom. The molecular weight excluding hydrogens is 304 g/mol. The third kappa shape index (κ3) is 2.38. The van der Waals surface area contributed by atoms with Crippen LogP contribution in [-0.2, 0) is 0 Å². The van der Waals surface area contributed by atoms with Crippen molar-refractivity contribution in [3.05, 3.63) is 40.1 Å². The number of amides is 1. The van der Waals surface area contributed by atoms with E-state index in [1.807, 2.05) is 0 Å². The number of carbonyl (C=O) groups excluding carboxylic acids is 1. The standard InChI is InChI=1S/C10H7BrN4O3/c11-6-3-1-2-5(10(17)18)8(6)13-9(16)7-4-12-15-14-7/h1-4H,(H,13,16)(H,17,18)(H,12,14,15). The van der Waals surface area contributed by atoms with Crippen LogP contribution in [-0.4, -0.2) is 32.4 Å². The van der Waals surface area contributed by atoms with E-state index >= 15 is 0 Å². The minimum Gasteiger partial charge on any atom is -0.478 e. The van der Waals surface area contributed by atoms with Crippen molar-refractivity contribution < 1.29 is 14.7 Å². The summed E-state index contributed by atoms with van der Waals surface area (Å²) in [4.78, 5) is 22.8. The number of rotatable bonds is 3. The number of aromatic amines is 1. The van der Waals surface area contributed by atoms with Crippen molar-refractivity contribution in [2.45, 2.75) is 0 Å². The molecule has 18 heavy (non-hydrogen) atoms. The zero-order valence-electron chi connectivity index (χ0n) is 8.85. The molecule has 1 heterocycles. The lowest BCUT2D eigenvalue weighted by atomic mass is 10.2. The second-order valence-electron chi connectivity index (χ2n) is 3.28. The molecule has 2 rings (SSSR count). The fourth-order valence-electron chi connectivity index (χ4n) is 1.32. The van der Waals surface area contributed by atoms with Crippen molar-refractivity contribution in [3.8, 4) is 0 Å². The van der Waals surface area contributed by atoms with Crippen LogP contribution in [0, 0.1) is 0 Å². The smallest absolute Gasteiger partial charge is 0.337 e. The van der Waals surface area contributed by atoms with E-state index < -0.39 is 11.9 Å². The predicted octanol–water partition coefficient (Wildman–Crippen LogP) is 1.52. The number of anilines is 1. The zero-order chi connectivity index (χ0) is 13.1. The predicted molar refractivity (Wildman–Crippen MR) is 65.4 cm³/mol. The van der Waals surface area contributed by atoms with Crippen LogP contribution < -0.4 is 5.32 Å². The summed E-state index contributed by atoms with van der Waals surface area (Å²) in [7, 11) is 0. The van der Waals surface area contributed by atoms with Crippen LogP contribution in [0.3, 0.4) is 0 Å².